The molecule has 430 valence electrons. The minimum absolute atomic E-state index is 0.00761. The second-order valence-corrected chi connectivity index (χ2v) is 25.9. The van der Waals surface area contributed by atoms with Crippen LogP contribution < -0.4 is 24.4 Å². The molecule has 0 radical (unpaired) electrons. The molecule has 3 aliphatic carbocycles. The number of alkyl halides is 2. The molecule has 21 nitrogen and oxygen atoms in total. The number of likely N-dealkylation sites (N-methyl/N-ethyl adjacent to an activating group) is 2. The zero-order valence-electron chi connectivity index (χ0n) is 44.2. The number of carbonyl (C=O) groups is 8. The summed E-state index contributed by atoms with van der Waals surface area (Å²) in [6, 6.07) is 16.5. The Balaban J connectivity index is 0.712. The summed E-state index contributed by atoms with van der Waals surface area (Å²) in [6.07, 6.45) is 4.05. The smallest absolute Gasteiger partial charge is 0.480 e. The predicted octanol–water partition coefficient (Wildman–Crippen LogP) is 7.61. The van der Waals surface area contributed by atoms with Crippen LogP contribution in [0.15, 0.2) is 72.8 Å². The van der Waals surface area contributed by atoms with Crippen LogP contribution in [0.25, 0.3) is 21.5 Å². The van der Waals surface area contributed by atoms with Crippen LogP contribution in [0.4, 0.5) is 21.0 Å². The lowest BCUT2D eigenvalue weighted by atomic mass is 9.72. The van der Waals surface area contributed by atoms with Crippen molar-refractivity contribution in [1.29, 1.82) is 0 Å². The fourth-order valence-corrected chi connectivity index (χ4v) is 15.5. The molecule has 3 heterocycles. The maximum Gasteiger partial charge on any atom is 0.524 e. The van der Waals surface area contributed by atoms with Gasteiger partial charge in [-0.3, -0.25) is 38.7 Å². The number of fused-ring (bicyclic) bond motifs is 6. The molecule has 81 heavy (non-hydrogen) atoms. The molecule has 6 atom stereocenters. The Morgan fingerprint density at radius 1 is 0.753 bits per heavy atom. The van der Waals surface area contributed by atoms with Crippen molar-refractivity contribution in [2.45, 2.75) is 62.8 Å². The van der Waals surface area contributed by atoms with Crippen LogP contribution in [0.2, 0.25) is 0 Å². The van der Waals surface area contributed by atoms with Gasteiger partial charge in [0.15, 0.2) is 0 Å². The summed E-state index contributed by atoms with van der Waals surface area (Å²) in [5.74, 6) is -2.17. The first-order valence-electron chi connectivity index (χ1n) is 26.4. The van der Waals surface area contributed by atoms with Crippen LogP contribution in [0.5, 0.6) is 11.5 Å². The number of phosphoric acid groups is 1. The van der Waals surface area contributed by atoms with Gasteiger partial charge in [-0.15, -0.1) is 23.2 Å². The number of ether oxygens (including phenoxy) is 2. The van der Waals surface area contributed by atoms with E-state index >= 15 is 4.79 Å². The highest BCUT2D eigenvalue weighted by Crippen LogP contribution is 3.01. The maximum atomic E-state index is 15.0. The summed E-state index contributed by atoms with van der Waals surface area (Å²) in [5.41, 5.74) is 0.550. The highest BCUT2D eigenvalue weighted by molar-refractivity contribution is 8.76. The number of carboxylic acids is 1. The van der Waals surface area contributed by atoms with Crippen molar-refractivity contribution in [1.82, 2.24) is 20.0 Å². The van der Waals surface area contributed by atoms with Crippen LogP contribution >= 0.6 is 52.6 Å². The van der Waals surface area contributed by atoms with Crippen molar-refractivity contribution in [2.75, 3.05) is 86.5 Å². The van der Waals surface area contributed by atoms with E-state index in [1.165, 1.54) is 63.7 Å². The Kier molecular flexibility index (Phi) is 16.5. The number of phosphoric ester groups is 1. The minimum Gasteiger partial charge on any atom is -0.480 e. The van der Waals surface area contributed by atoms with Gasteiger partial charge in [-0.1, -0.05) is 76.5 Å². The Morgan fingerprint density at radius 2 is 1.28 bits per heavy atom. The summed E-state index contributed by atoms with van der Waals surface area (Å²) in [6.45, 7) is 0.954. The average molecular weight is 1210 g/mol. The number of nitrogens with one attached hydrogen (secondary N) is 1. The van der Waals surface area contributed by atoms with E-state index in [9.17, 15) is 53.0 Å². The van der Waals surface area contributed by atoms with Gasteiger partial charge in [-0.05, 0) is 54.0 Å². The second-order valence-electron chi connectivity index (χ2n) is 21.5. The molecule has 4 aromatic rings. The van der Waals surface area contributed by atoms with E-state index in [-0.39, 0.29) is 110 Å². The van der Waals surface area contributed by atoms with Crippen molar-refractivity contribution in [2.24, 2.45) is 16.2 Å². The third-order valence-electron chi connectivity index (χ3n) is 16.7. The number of anilines is 2. The topological polar surface area (TPSA) is 270 Å². The first kappa shape index (κ1) is 58.1. The van der Waals surface area contributed by atoms with E-state index < -0.39 is 54.2 Å². The van der Waals surface area contributed by atoms with Crippen LogP contribution in [0, 0.1) is 16.2 Å². The molecule has 4 N–H and O–H groups in total. The van der Waals surface area contributed by atoms with Crippen LogP contribution in [-0.2, 0) is 38.1 Å². The van der Waals surface area contributed by atoms with E-state index in [4.69, 9.17) is 37.2 Å². The van der Waals surface area contributed by atoms with Gasteiger partial charge >= 0.3 is 26.0 Å². The number of hydrogen-bond donors (Lipinski definition) is 4. The molecule has 3 saturated carbocycles. The Bertz CT molecular complexity index is 3350. The summed E-state index contributed by atoms with van der Waals surface area (Å²) >= 11 is 13.2. The quantitative estimate of drug-likeness (QED) is 0.0173. The van der Waals surface area contributed by atoms with Gasteiger partial charge < -0.3 is 44.0 Å². The van der Waals surface area contributed by atoms with Gasteiger partial charge in [0.2, 0.25) is 17.7 Å². The van der Waals surface area contributed by atoms with Crippen LogP contribution in [0.3, 0.4) is 0 Å². The standard InChI is InChI=1S/C55H59Cl2N6O15PS2/c1-59(51(71)76-20-21-80-81-28-38(48(67)68)58-43(64)14-4-3-9-17-61-44(65)15-16-45(61)66)18-19-60(2)52(72)77-41-22-39-46(36-12-7-5-10-34(36)41)32(24-56)26-62(39)49(69)53-29-54(31-55(53,54)30-53)50(70)63-27-33(25-57)47-37-13-8-6-11-35(37)42(23-40(47)63)78-79(73,74)75/h5-8,10-13,15-16,22-23,32-33,38H,3-4,9,14,17-21,24-31H2,1-2H3,(H,58,64)(H,67,68)(H2,73,74,75). The SMILES string of the molecule is CN(CCN(C)C(=O)Oc1cc2c(c3ccccc13)C(CCl)CN2C(=O)C12CC3(C(=O)N4CC(CCl)c5c4cc(OP(=O)(O)O)c4ccccc54)CC13C2)C(=O)OCCSSCC(NC(=O)CCCCCN1C(=O)C=CC1=O)C(=O)O. The molecule has 3 aliphatic heterocycles. The number of amides is 7. The molecule has 1 spiro atoms. The van der Waals surface area contributed by atoms with E-state index in [1.54, 1.807) is 34.1 Å². The molecule has 10 rings (SSSR count). The highest BCUT2D eigenvalue weighted by atomic mass is 35.5. The van der Waals surface area contributed by atoms with Crippen LogP contribution in [0.1, 0.15) is 67.9 Å². The Labute approximate surface area is 483 Å². The summed E-state index contributed by atoms with van der Waals surface area (Å²) in [7, 11) is 0.548. The molecule has 6 unspecified atom stereocenters. The highest BCUT2D eigenvalue weighted by Gasteiger charge is 3.01. The molecule has 26 heteroatoms. The van der Waals surface area contributed by atoms with Crippen molar-refractivity contribution < 1.29 is 71.8 Å². The first-order valence-corrected chi connectivity index (χ1v) is 31.5. The number of halogens is 2. The third kappa shape index (κ3) is 10.8. The Morgan fingerprint density at radius 3 is 1.81 bits per heavy atom. The summed E-state index contributed by atoms with van der Waals surface area (Å²) in [4.78, 5) is 131. The van der Waals surface area contributed by atoms with Gasteiger partial charge in [0.05, 0.1) is 22.2 Å². The number of imide groups is 1. The van der Waals surface area contributed by atoms with Crippen molar-refractivity contribution in [3.05, 3.63) is 83.9 Å². The lowest BCUT2D eigenvalue weighted by Crippen LogP contribution is -2.49. The number of benzene rings is 4. The fourth-order valence-electron chi connectivity index (χ4n) is 12.6. The van der Waals surface area contributed by atoms with E-state index in [1.807, 2.05) is 30.3 Å². The lowest BCUT2D eigenvalue weighted by Gasteiger charge is -2.37. The normalized spacial score (nSPS) is 23.1. The summed E-state index contributed by atoms with van der Waals surface area (Å²) in [5, 5.41) is 14.7. The van der Waals surface area contributed by atoms with E-state index in [2.05, 4.69) is 5.32 Å². The molecule has 7 amide bonds. The monoisotopic (exact) mass is 1210 g/mol. The van der Waals surface area contributed by atoms with Crippen molar-refractivity contribution >= 4 is 133 Å². The van der Waals surface area contributed by atoms with Crippen molar-refractivity contribution in [3.63, 3.8) is 0 Å². The van der Waals surface area contributed by atoms with Crippen LogP contribution in [-0.4, -0.2) is 160 Å². The van der Waals surface area contributed by atoms with E-state index in [0.717, 1.165) is 21.4 Å². The predicted molar refractivity (Wildman–Crippen MR) is 305 cm³/mol. The molecule has 3 fully saturated rings. The summed E-state index contributed by atoms with van der Waals surface area (Å²) < 4.78 is 28.7. The second kappa shape index (κ2) is 22.9. The fraction of sp³-hybridized carbons (Fsp3) is 0.455. The number of aliphatic carboxylic acids is 1. The third-order valence-corrected chi connectivity index (χ3v) is 20.2. The number of carboxylic acid groups (broad SMARTS) is 1. The van der Waals surface area contributed by atoms with Gasteiger partial charge in [0.25, 0.3) is 11.8 Å². The first-order chi connectivity index (χ1) is 38.7. The number of rotatable bonds is 24. The van der Waals surface area contributed by atoms with Gasteiger partial charge in [-0.2, -0.15) is 0 Å². The number of unbranched alkanes of at least 4 members (excludes halogenated alkanes) is 2. The number of nitrogens with zero attached hydrogens (tertiary/aromatic N) is 5. The molecular weight excluding hydrogens is 1150 g/mol. The zero-order valence-corrected chi connectivity index (χ0v) is 48.2. The number of carbonyl (C=O) groups excluding carboxylic acids is 7. The lowest BCUT2D eigenvalue weighted by molar-refractivity contribution is -0.141. The zero-order chi connectivity index (χ0) is 57.8. The van der Waals surface area contributed by atoms with Gasteiger partial charge in [0, 0.05) is 129 Å². The van der Waals surface area contributed by atoms with Crippen molar-refractivity contribution in [3.8, 4) is 11.5 Å². The molecular formula is C55H59Cl2N6O15PS2. The minimum atomic E-state index is -4.97. The Hall–Kier alpha value is -6.07. The van der Waals surface area contributed by atoms with Gasteiger partial charge in [-0.25, -0.2) is 18.9 Å². The molecule has 6 aliphatic rings. The molecule has 0 aromatic heterocycles. The van der Waals surface area contributed by atoms with E-state index in [0.29, 0.717) is 71.8 Å². The molecule has 4 aromatic carbocycles. The molecule has 0 saturated heterocycles. The number of hydrogen-bond acceptors (Lipinski definition) is 14. The largest absolute Gasteiger partial charge is 0.524 e. The maximum absolute atomic E-state index is 15.0. The molecule has 0 bridgehead atoms. The van der Waals surface area contributed by atoms with Gasteiger partial charge in [0.1, 0.15) is 24.1 Å². The average Bonchev–Trinajstić information content (AvgIpc) is 1.44.